The molecule has 0 saturated carbocycles. The third kappa shape index (κ3) is 3.84. The van der Waals surface area contributed by atoms with Crippen molar-refractivity contribution in [1.29, 1.82) is 0 Å². The molecule has 2 heterocycles. The highest BCUT2D eigenvalue weighted by molar-refractivity contribution is 7.84. The summed E-state index contributed by atoms with van der Waals surface area (Å²) in [5.74, 6) is 0.0103. The number of hydrogen-bond acceptors (Lipinski definition) is 5. The molecule has 1 aromatic rings. The number of ether oxygens (including phenoxy) is 2. The van der Waals surface area contributed by atoms with Crippen LogP contribution in [-0.4, -0.2) is 40.7 Å². The molecule has 0 aromatic carbocycles. The zero-order valence-corrected chi connectivity index (χ0v) is 11.6. The molecule has 1 aliphatic rings. The minimum absolute atomic E-state index is 0.191. The lowest BCUT2D eigenvalue weighted by molar-refractivity contribution is 0.0600. The van der Waals surface area contributed by atoms with Crippen molar-refractivity contribution in [2.24, 2.45) is 0 Å². The van der Waals surface area contributed by atoms with Gasteiger partial charge in [-0.2, -0.15) is 0 Å². The average molecular weight is 283 g/mol. The molecule has 1 saturated heterocycles. The van der Waals surface area contributed by atoms with Crippen molar-refractivity contribution >= 4 is 16.8 Å². The van der Waals surface area contributed by atoms with Crippen LogP contribution in [-0.2, 0) is 26.0 Å². The molecule has 0 N–H and O–H groups in total. The number of methoxy groups -OCH3 is 1. The van der Waals surface area contributed by atoms with Crippen LogP contribution < -0.4 is 0 Å². The number of esters is 1. The highest BCUT2D eigenvalue weighted by Gasteiger charge is 2.20. The van der Waals surface area contributed by atoms with Gasteiger partial charge in [0.2, 0.25) is 0 Å². The van der Waals surface area contributed by atoms with Crippen molar-refractivity contribution in [2.75, 3.05) is 20.3 Å². The Bertz CT molecular complexity index is 454. The number of rotatable bonds is 4. The Morgan fingerprint density at radius 2 is 2.21 bits per heavy atom. The largest absolute Gasteiger partial charge is 0.465 e. The quantitative estimate of drug-likeness (QED) is 0.779. The number of aromatic nitrogens is 1. The van der Waals surface area contributed by atoms with Crippen LogP contribution in [0, 0.1) is 0 Å². The van der Waals surface area contributed by atoms with E-state index in [4.69, 9.17) is 4.74 Å². The standard InChI is InChI=1S/C13H17NO4S/c1-17-13(15)10-2-3-11(14-8-10)9-19(16)12-4-6-18-7-5-12/h2-3,8,12H,4-7,9H2,1H3. The second-order valence-corrected chi connectivity index (χ2v) is 6.08. The predicted octanol–water partition coefficient (Wildman–Crippen LogP) is 1.30. The smallest absolute Gasteiger partial charge is 0.339 e. The van der Waals surface area contributed by atoms with Gasteiger partial charge in [-0.05, 0) is 25.0 Å². The molecule has 0 amide bonds. The van der Waals surface area contributed by atoms with Crippen molar-refractivity contribution in [3.8, 4) is 0 Å². The normalized spacial score (nSPS) is 17.9. The second-order valence-electron chi connectivity index (χ2n) is 4.37. The molecule has 104 valence electrons. The molecular weight excluding hydrogens is 266 g/mol. The first kappa shape index (κ1) is 14.1. The topological polar surface area (TPSA) is 65.5 Å². The van der Waals surface area contributed by atoms with Crippen LogP contribution in [0.15, 0.2) is 18.3 Å². The molecule has 1 atom stereocenters. The van der Waals surface area contributed by atoms with E-state index in [1.165, 1.54) is 13.3 Å². The van der Waals surface area contributed by atoms with Crippen LogP contribution in [0.25, 0.3) is 0 Å². The summed E-state index contributed by atoms with van der Waals surface area (Å²) < 4.78 is 22.0. The van der Waals surface area contributed by atoms with Crippen molar-refractivity contribution in [3.63, 3.8) is 0 Å². The lowest BCUT2D eigenvalue weighted by Crippen LogP contribution is -2.25. The van der Waals surface area contributed by atoms with Crippen LogP contribution in [0.3, 0.4) is 0 Å². The zero-order valence-electron chi connectivity index (χ0n) is 10.8. The summed E-state index contributed by atoms with van der Waals surface area (Å²) >= 11 is 0. The Morgan fingerprint density at radius 3 is 2.79 bits per heavy atom. The highest BCUT2D eigenvalue weighted by atomic mass is 32.2. The molecule has 0 bridgehead atoms. The summed E-state index contributed by atoms with van der Waals surface area (Å²) in [6.45, 7) is 1.37. The maximum atomic E-state index is 12.2. The first-order valence-electron chi connectivity index (χ1n) is 6.19. The monoisotopic (exact) mass is 283 g/mol. The van der Waals surface area contributed by atoms with E-state index in [2.05, 4.69) is 9.72 Å². The Morgan fingerprint density at radius 1 is 1.47 bits per heavy atom. The van der Waals surface area contributed by atoms with Crippen molar-refractivity contribution in [1.82, 2.24) is 4.98 Å². The summed E-state index contributed by atoms with van der Waals surface area (Å²) in [6.07, 6.45) is 3.14. The number of pyridine rings is 1. The van der Waals surface area contributed by atoms with Crippen LogP contribution >= 0.6 is 0 Å². The van der Waals surface area contributed by atoms with E-state index in [9.17, 15) is 9.00 Å². The van der Waals surface area contributed by atoms with Gasteiger partial charge in [0.25, 0.3) is 0 Å². The Hall–Kier alpha value is -1.27. The fourth-order valence-electron chi connectivity index (χ4n) is 1.95. The Labute approximate surface area is 114 Å². The van der Waals surface area contributed by atoms with E-state index in [0.717, 1.165) is 18.5 Å². The van der Waals surface area contributed by atoms with Gasteiger partial charge in [-0.1, -0.05) is 0 Å². The van der Waals surface area contributed by atoms with Crippen LogP contribution in [0.4, 0.5) is 0 Å². The van der Waals surface area contributed by atoms with Gasteiger partial charge in [-0.15, -0.1) is 0 Å². The van der Waals surface area contributed by atoms with Gasteiger partial charge in [0.05, 0.1) is 24.1 Å². The maximum absolute atomic E-state index is 12.2. The molecule has 5 nitrogen and oxygen atoms in total. The molecule has 0 spiro atoms. The van der Waals surface area contributed by atoms with E-state index < -0.39 is 16.8 Å². The van der Waals surface area contributed by atoms with Crippen LogP contribution in [0.1, 0.15) is 28.9 Å². The molecule has 0 aliphatic carbocycles. The molecule has 1 unspecified atom stereocenters. The maximum Gasteiger partial charge on any atom is 0.339 e. The summed E-state index contributed by atoms with van der Waals surface area (Å²) in [6, 6.07) is 3.37. The molecule has 19 heavy (non-hydrogen) atoms. The van der Waals surface area contributed by atoms with E-state index in [-0.39, 0.29) is 5.25 Å². The van der Waals surface area contributed by atoms with Gasteiger partial charge >= 0.3 is 5.97 Å². The van der Waals surface area contributed by atoms with E-state index in [0.29, 0.717) is 24.5 Å². The molecule has 1 aliphatic heterocycles. The Balaban J connectivity index is 1.95. The molecule has 6 heteroatoms. The number of carbonyl (C=O) groups is 1. The summed E-state index contributed by atoms with van der Waals surface area (Å²) in [4.78, 5) is 15.4. The van der Waals surface area contributed by atoms with Gasteiger partial charge in [-0.3, -0.25) is 9.19 Å². The first-order valence-corrected chi connectivity index (χ1v) is 7.57. The lowest BCUT2D eigenvalue weighted by Gasteiger charge is -2.21. The third-order valence-corrected chi connectivity index (χ3v) is 4.87. The molecular formula is C13H17NO4S. The van der Waals surface area contributed by atoms with Crippen LogP contribution in [0.2, 0.25) is 0 Å². The predicted molar refractivity (Wildman–Crippen MR) is 71.3 cm³/mol. The number of carbonyl (C=O) groups excluding carboxylic acids is 1. The minimum atomic E-state index is -0.935. The van der Waals surface area contributed by atoms with Crippen molar-refractivity contribution in [2.45, 2.75) is 23.8 Å². The second kappa shape index (κ2) is 6.77. The molecule has 1 fully saturated rings. The summed E-state index contributed by atoms with van der Waals surface area (Å²) in [7, 11) is 0.395. The van der Waals surface area contributed by atoms with Gasteiger partial charge in [0, 0.05) is 35.5 Å². The van der Waals surface area contributed by atoms with E-state index in [1.54, 1.807) is 12.1 Å². The summed E-state index contributed by atoms with van der Waals surface area (Å²) in [5, 5.41) is 0.191. The zero-order chi connectivity index (χ0) is 13.7. The fraction of sp³-hybridized carbons (Fsp3) is 0.538. The number of nitrogens with zero attached hydrogens (tertiary/aromatic N) is 1. The summed E-state index contributed by atoms with van der Waals surface area (Å²) in [5.41, 5.74) is 1.14. The van der Waals surface area contributed by atoms with Gasteiger partial charge in [0.15, 0.2) is 0 Å². The van der Waals surface area contributed by atoms with Gasteiger partial charge in [0.1, 0.15) is 0 Å². The van der Waals surface area contributed by atoms with Crippen molar-refractivity contribution in [3.05, 3.63) is 29.6 Å². The van der Waals surface area contributed by atoms with Gasteiger partial charge < -0.3 is 9.47 Å². The molecule has 1 aromatic heterocycles. The van der Waals surface area contributed by atoms with E-state index in [1.807, 2.05) is 0 Å². The fourth-order valence-corrected chi connectivity index (χ4v) is 3.37. The third-order valence-electron chi connectivity index (χ3n) is 3.08. The van der Waals surface area contributed by atoms with Crippen LogP contribution in [0.5, 0.6) is 0 Å². The lowest BCUT2D eigenvalue weighted by atomic mass is 10.2. The number of hydrogen-bond donors (Lipinski definition) is 0. The highest BCUT2D eigenvalue weighted by Crippen LogP contribution is 2.16. The molecule has 0 radical (unpaired) electrons. The SMILES string of the molecule is COC(=O)c1ccc(CS(=O)C2CCOCC2)nc1. The first-order chi connectivity index (χ1) is 9.20. The Kier molecular flexibility index (Phi) is 5.04. The van der Waals surface area contributed by atoms with Gasteiger partial charge in [-0.25, -0.2) is 4.79 Å². The van der Waals surface area contributed by atoms with E-state index >= 15 is 0 Å². The molecule has 2 rings (SSSR count). The minimum Gasteiger partial charge on any atom is -0.465 e. The average Bonchev–Trinajstić information content (AvgIpc) is 2.48. The van der Waals surface area contributed by atoms with Crippen molar-refractivity contribution < 1.29 is 18.5 Å².